The number of pyridine rings is 1. The lowest BCUT2D eigenvalue weighted by Gasteiger charge is -2.20. The first-order chi connectivity index (χ1) is 8.70. The van der Waals surface area contributed by atoms with Crippen molar-refractivity contribution >= 4 is 17.5 Å². The summed E-state index contributed by atoms with van der Waals surface area (Å²) in [5.74, 6) is 0.0864. The van der Waals surface area contributed by atoms with Crippen LogP contribution in [0.5, 0.6) is 0 Å². The number of hydrogen-bond donors (Lipinski definition) is 1. The number of carbonyl (C=O) groups excluding carboxylic acids is 1. The molecule has 0 spiro atoms. The summed E-state index contributed by atoms with van der Waals surface area (Å²) in [6.45, 7) is 2.60. The normalized spacial score (nSPS) is 10.3. The third-order valence-corrected chi connectivity index (χ3v) is 2.44. The van der Waals surface area contributed by atoms with E-state index in [4.69, 9.17) is 5.73 Å². The van der Waals surface area contributed by atoms with Crippen molar-refractivity contribution in [3.63, 3.8) is 0 Å². The van der Waals surface area contributed by atoms with Gasteiger partial charge in [0, 0.05) is 24.6 Å². The number of amides is 1. The molecule has 2 heterocycles. The molecule has 0 aliphatic heterocycles. The number of aromatic nitrogens is 4. The highest BCUT2D eigenvalue weighted by Gasteiger charge is 2.14. The van der Waals surface area contributed by atoms with Crippen LogP contribution in [0.4, 0.5) is 11.6 Å². The Morgan fingerprint density at radius 3 is 2.72 bits per heavy atom. The van der Waals surface area contributed by atoms with Crippen LogP contribution in [0.2, 0.25) is 0 Å². The Morgan fingerprint density at radius 1 is 1.44 bits per heavy atom. The van der Waals surface area contributed by atoms with Crippen LogP contribution < -0.4 is 10.6 Å². The molecule has 1 amide bonds. The molecule has 0 radical (unpaired) electrons. The van der Waals surface area contributed by atoms with Crippen LogP contribution in [0, 0.1) is 0 Å². The zero-order valence-corrected chi connectivity index (χ0v) is 10.0. The van der Waals surface area contributed by atoms with E-state index >= 15 is 0 Å². The molecule has 0 saturated carbocycles. The largest absolute Gasteiger partial charge is 0.367 e. The average molecular weight is 246 g/mol. The predicted molar refractivity (Wildman–Crippen MR) is 66.7 cm³/mol. The summed E-state index contributed by atoms with van der Waals surface area (Å²) >= 11 is 0. The van der Waals surface area contributed by atoms with Gasteiger partial charge in [0.15, 0.2) is 0 Å². The Hall–Kier alpha value is -2.44. The molecule has 94 valence electrons. The summed E-state index contributed by atoms with van der Waals surface area (Å²) in [6.07, 6.45) is 4.74. The lowest BCUT2D eigenvalue weighted by Crippen LogP contribution is -2.33. The summed E-state index contributed by atoms with van der Waals surface area (Å²) in [4.78, 5) is 21.5. The van der Waals surface area contributed by atoms with Crippen molar-refractivity contribution < 1.29 is 4.79 Å². The van der Waals surface area contributed by atoms with E-state index in [-0.39, 0.29) is 18.4 Å². The van der Waals surface area contributed by atoms with Crippen molar-refractivity contribution in [2.45, 2.75) is 13.5 Å². The Kier molecular flexibility index (Phi) is 3.52. The molecule has 7 heteroatoms. The second-order valence-corrected chi connectivity index (χ2v) is 3.64. The predicted octanol–water partition coefficient (Wildman–Crippen LogP) is 0.308. The number of nitrogens with zero attached hydrogens (tertiary/aromatic N) is 5. The van der Waals surface area contributed by atoms with Gasteiger partial charge in [-0.2, -0.15) is 0 Å². The number of nitrogens with two attached hydrogens (primary N) is 1. The van der Waals surface area contributed by atoms with Gasteiger partial charge in [0.1, 0.15) is 12.9 Å². The number of likely N-dealkylation sites (N-methyl/N-ethyl adjacent to an activating group) is 1. The van der Waals surface area contributed by atoms with Gasteiger partial charge in [-0.1, -0.05) is 0 Å². The van der Waals surface area contributed by atoms with Gasteiger partial charge in [0.25, 0.3) is 0 Å². The van der Waals surface area contributed by atoms with E-state index in [1.54, 1.807) is 29.4 Å². The standard InChI is InChI=1S/C11H14N6O/c1-2-17(9-3-5-13-6-4-9)10(18)7-16-8-14-11(12)15-16/h3-6,8H,2,7H2,1H3,(H2,12,15). The van der Waals surface area contributed by atoms with Gasteiger partial charge in [0.2, 0.25) is 11.9 Å². The SMILES string of the molecule is CCN(C(=O)Cn1cnc(N)n1)c1ccncc1. The topological polar surface area (TPSA) is 89.9 Å². The molecule has 0 aromatic carbocycles. The lowest BCUT2D eigenvalue weighted by atomic mass is 10.3. The maximum atomic E-state index is 12.1. The fraction of sp³-hybridized carbons (Fsp3) is 0.273. The fourth-order valence-corrected chi connectivity index (χ4v) is 1.64. The van der Waals surface area contributed by atoms with E-state index in [0.29, 0.717) is 6.54 Å². The van der Waals surface area contributed by atoms with Gasteiger partial charge < -0.3 is 10.6 Å². The summed E-state index contributed by atoms with van der Waals surface area (Å²) in [5, 5.41) is 3.88. The minimum Gasteiger partial charge on any atom is -0.367 e. The summed E-state index contributed by atoms with van der Waals surface area (Å²) in [7, 11) is 0. The molecule has 0 fully saturated rings. The maximum Gasteiger partial charge on any atom is 0.248 e. The molecular weight excluding hydrogens is 232 g/mol. The van der Waals surface area contributed by atoms with Crippen molar-refractivity contribution in [2.75, 3.05) is 17.2 Å². The fourth-order valence-electron chi connectivity index (χ4n) is 1.64. The lowest BCUT2D eigenvalue weighted by molar-refractivity contribution is -0.119. The monoisotopic (exact) mass is 246 g/mol. The molecule has 0 aliphatic carbocycles. The van der Waals surface area contributed by atoms with Crippen molar-refractivity contribution in [1.82, 2.24) is 19.7 Å². The van der Waals surface area contributed by atoms with Crippen LogP contribution in [0.3, 0.4) is 0 Å². The molecule has 2 N–H and O–H groups in total. The highest BCUT2D eigenvalue weighted by atomic mass is 16.2. The van der Waals surface area contributed by atoms with Crippen LogP contribution in [-0.4, -0.2) is 32.2 Å². The average Bonchev–Trinajstić information content (AvgIpc) is 2.77. The first-order valence-electron chi connectivity index (χ1n) is 5.56. The van der Waals surface area contributed by atoms with Crippen LogP contribution in [0.25, 0.3) is 0 Å². The van der Waals surface area contributed by atoms with E-state index in [1.807, 2.05) is 6.92 Å². The number of nitrogen functional groups attached to an aromatic ring is 1. The van der Waals surface area contributed by atoms with E-state index in [2.05, 4.69) is 15.1 Å². The van der Waals surface area contributed by atoms with Gasteiger partial charge in [-0.25, -0.2) is 9.67 Å². The number of hydrogen-bond acceptors (Lipinski definition) is 5. The Bertz CT molecular complexity index is 523. The number of rotatable bonds is 4. The molecule has 0 aliphatic rings. The van der Waals surface area contributed by atoms with Gasteiger partial charge in [-0.3, -0.25) is 9.78 Å². The van der Waals surface area contributed by atoms with E-state index in [9.17, 15) is 4.79 Å². The van der Waals surface area contributed by atoms with Gasteiger partial charge in [-0.15, -0.1) is 5.10 Å². The quantitative estimate of drug-likeness (QED) is 0.838. The first-order valence-corrected chi connectivity index (χ1v) is 5.56. The van der Waals surface area contributed by atoms with Crippen LogP contribution >= 0.6 is 0 Å². The third kappa shape index (κ3) is 2.62. The summed E-state index contributed by atoms with van der Waals surface area (Å²) in [6, 6.07) is 3.58. The van der Waals surface area contributed by atoms with E-state index in [1.165, 1.54) is 11.0 Å². The minimum atomic E-state index is -0.0754. The van der Waals surface area contributed by atoms with E-state index in [0.717, 1.165) is 5.69 Å². The number of carbonyl (C=O) groups is 1. The van der Waals surface area contributed by atoms with Crippen LogP contribution in [-0.2, 0) is 11.3 Å². The second kappa shape index (κ2) is 5.26. The molecule has 0 bridgehead atoms. The Labute approximate surface area is 104 Å². The van der Waals surface area contributed by atoms with Crippen molar-refractivity contribution in [3.05, 3.63) is 30.9 Å². The van der Waals surface area contributed by atoms with E-state index < -0.39 is 0 Å². The minimum absolute atomic E-state index is 0.0754. The van der Waals surface area contributed by atoms with Gasteiger partial charge >= 0.3 is 0 Å². The molecule has 0 unspecified atom stereocenters. The second-order valence-electron chi connectivity index (χ2n) is 3.64. The molecule has 2 rings (SSSR count). The highest BCUT2D eigenvalue weighted by molar-refractivity contribution is 5.92. The van der Waals surface area contributed by atoms with Gasteiger partial charge in [-0.05, 0) is 19.1 Å². The van der Waals surface area contributed by atoms with Crippen molar-refractivity contribution in [2.24, 2.45) is 0 Å². The van der Waals surface area contributed by atoms with Gasteiger partial charge in [0.05, 0.1) is 0 Å². The Balaban J connectivity index is 2.11. The molecular formula is C11H14N6O. The number of anilines is 2. The van der Waals surface area contributed by atoms with Crippen molar-refractivity contribution in [3.8, 4) is 0 Å². The highest BCUT2D eigenvalue weighted by Crippen LogP contribution is 2.12. The molecule has 18 heavy (non-hydrogen) atoms. The molecule has 0 atom stereocenters. The summed E-state index contributed by atoms with van der Waals surface area (Å²) < 4.78 is 1.42. The van der Waals surface area contributed by atoms with Crippen LogP contribution in [0.1, 0.15) is 6.92 Å². The zero-order chi connectivity index (χ0) is 13.0. The smallest absolute Gasteiger partial charge is 0.248 e. The summed E-state index contributed by atoms with van der Waals surface area (Å²) in [5.41, 5.74) is 6.21. The third-order valence-electron chi connectivity index (χ3n) is 2.44. The van der Waals surface area contributed by atoms with Crippen molar-refractivity contribution in [1.29, 1.82) is 0 Å². The first kappa shape index (κ1) is 12.0. The molecule has 2 aromatic rings. The van der Waals surface area contributed by atoms with Crippen LogP contribution in [0.15, 0.2) is 30.9 Å². The molecule has 7 nitrogen and oxygen atoms in total. The molecule has 0 saturated heterocycles. The Morgan fingerprint density at radius 2 is 2.17 bits per heavy atom. The zero-order valence-electron chi connectivity index (χ0n) is 10.0. The maximum absolute atomic E-state index is 12.1. The molecule has 2 aromatic heterocycles.